The summed E-state index contributed by atoms with van der Waals surface area (Å²) in [6, 6.07) is 86.2. The second kappa shape index (κ2) is 17.2. The summed E-state index contributed by atoms with van der Waals surface area (Å²) in [5.41, 5.74) is 26.1. The molecule has 8 heterocycles. The molecule has 0 radical (unpaired) electrons. The summed E-state index contributed by atoms with van der Waals surface area (Å²) >= 11 is 3.75. The van der Waals surface area contributed by atoms with Gasteiger partial charge in [-0.3, -0.25) is 0 Å². The van der Waals surface area contributed by atoms with Crippen molar-refractivity contribution in [3.8, 4) is 23.0 Å². The Kier molecular flexibility index (Phi) is 9.60. The molecule has 19 rings (SSSR count). The van der Waals surface area contributed by atoms with Gasteiger partial charge < -0.3 is 29.1 Å². The lowest BCUT2D eigenvalue weighted by molar-refractivity contribution is 0.494. The number of benzene rings is 11. The first-order valence-electron chi connectivity index (χ1n) is 29.0. The van der Waals surface area contributed by atoms with Gasteiger partial charge in [-0.25, -0.2) is 0 Å². The molecule has 0 atom stereocenters. The number of rotatable bonds is 4. The third-order valence-corrected chi connectivity index (χ3v) is 20.8. The number of anilines is 12. The maximum absolute atomic E-state index is 7.23. The number of fused-ring (bicyclic) bond motifs is 16. The monoisotopic (exact) mass is 1110 g/mol. The van der Waals surface area contributed by atoms with Gasteiger partial charge in [0, 0.05) is 98.0 Å². The van der Waals surface area contributed by atoms with Gasteiger partial charge in [0.05, 0.1) is 0 Å². The Balaban J connectivity index is 0.956. The van der Waals surface area contributed by atoms with E-state index < -0.39 is 0 Å². The highest BCUT2D eigenvalue weighted by Gasteiger charge is 2.51. The van der Waals surface area contributed by atoms with Crippen molar-refractivity contribution in [2.75, 3.05) is 19.6 Å². The molecule has 6 aliphatic heterocycles. The van der Waals surface area contributed by atoms with Gasteiger partial charge in [-0.1, -0.05) is 109 Å². The average Bonchev–Trinajstić information content (AvgIpc) is 1.71. The first-order valence-corrected chi connectivity index (χ1v) is 30.6. The fourth-order valence-corrected chi connectivity index (χ4v) is 17.6. The lowest BCUT2D eigenvalue weighted by Gasteiger charge is -2.47. The van der Waals surface area contributed by atoms with E-state index in [9.17, 15) is 0 Å². The minimum Gasteiger partial charge on any atom is -0.457 e. The molecular formula is C73H47B3N4O2S2. The van der Waals surface area contributed by atoms with E-state index in [4.69, 9.17) is 9.47 Å². The normalized spacial score (nSPS) is 14.2. The Bertz CT molecular complexity index is 4710. The van der Waals surface area contributed by atoms with Gasteiger partial charge in [0.15, 0.2) is 0 Å². The van der Waals surface area contributed by atoms with Crippen LogP contribution >= 0.6 is 22.7 Å². The highest BCUT2D eigenvalue weighted by molar-refractivity contribution is 7.34. The maximum atomic E-state index is 7.23. The molecule has 6 nitrogen and oxygen atoms in total. The number of ether oxygens (including phenoxy) is 2. The molecule has 0 aliphatic carbocycles. The number of para-hydroxylation sites is 4. The number of aryl methyl sites for hydroxylation is 3. The molecule has 84 heavy (non-hydrogen) atoms. The smallest absolute Gasteiger partial charge is 0.268 e. The third-order valence-electron chi connectivity index (χ3n) is 18.4. The van der Waals surface area contributed by atoms with Crippen LogP contribution in [0.1, 0.15) is 16.7 Å². The van der Waals surface area contributed by atoms with Crippen molar-refractivity contribution in [1.82, 2.24) is 0 Å². The van der Waals surface area contributed by atoms with Crippen LogP contribution in [0.2, 0.25) is 0 Å². The Morgan fingerprint density at radius 3 is 0.976 bits per heavy atom. The van der Waals surface area contributed by atoms with Crippen molar-refractivity contribution >= 4 is 179 Å². The van der Waals surface area contributed by atoms with E-state index in [1.165, 1.54) is 96.9 Å². The van der Waals surface area contributed by atoms with Crippen molar-refractivity contribution < 1.29 is 9.47 Å². The number of nitrogens with zero attached hydrogens (tertiary/aromatic N) is 4. The summed E-state index contributed by atoms with van der Waals surface area (Å²) in [5, 5.41) is 2.32. The van der Waals surface area contributed by atoms with Crippen molar-refractivity contribution in [2.24, 2.45) is 0 Å². The minimum absolute atomic E-state index is 0.0973. The molecule has 13 aromatic rings. The first kappa shape index (κ1) is 46.9. The summed E-state index contributed by atoms with van der Waals surface area (Å²) < 4.78 is 19.4. The maximum Gasteiger partial charge on any atom is 0.268 e. The molecule has 6 aliphatic rings. The van der Waals surface area contributed by atoms with Crippen LogP contribution in [0.4, 0.5) is 68.2 Å². The van der Waals surface area contributed by atoms with Crippen LogP contribution in [-0.2, 0) is 0 Å². The second-order valence-corrected chi connectivity index (χ2v) is 25.5. The first-order chi connectivity index (χ1) is 41.4. The average molecular weight is 1110 g/mol. The quantitative estimate of drug-likeness (QED) is 0.163. The van der Waals surface area contributed by atoms with Gasteiger partial charge in [-0.15, -0.1) is 22.7 Å². The Morgan fingerprint density at radius 1 is 0.298 bits per heavy atom. The van der Waals surface area contributed by atoms with Gasteiger partial charge in [-0.05, 0) is 197 Å². The lowest BCUT2D eigenvalue weighted by atomic mass is 9.30. The van der Waals surface area contributed by atoms with Gasteiger partial charge in [0.25, 0.3) is 20.1 Å². The van der Waals surface area contributed by atoms with Gasteiger partial charge in [0.2, 0.25) is 0 Å². The van der Waals surface area contributed by atoms with Crippen LogP contribution in [0.15, 0.2) is 231 Å². The van der Waals surface area contributed by atoms with E-state index in [-0.39, 0.29) is 20.1 Å². The van der Waals surface area contributed by atoms with Crippen LogP contribution in [0.5, 0.6) is 23.0 Å². The van der Waals surface area contributed by atoms with Crippen LogP contribution in [-0.4, -0.2) is 20.1 Å². The Labute approximate surface area is 495 Å². The number of hydrogen-bond donors (Lipinski definition) is 0. The van der Waals surface area contributed by atoms with Gasteiger partial charge in [0.1, 0.15) is 23.0 Å². The van der Waals surface area contributed by atoms with Crippen LogP contribution < -0.4 is 76.9 Å². The van der Waals surface area contributed by atoms with Crippen molar-refractivity contribution in [1.29, 1.82) is 0 Å². The van der Waals surface area contributed by atoms with Crippen LogP contribution in [0, 0.1) is 20.8 Å². The molecule has 0 saturated heterocycles. The largest absolute Gasteiger partial charge is 0.457 e. The zero-order valence-electron chi connectivity index (χ0n) is 46.1. The van der Waals surface area contributed by atoms with E-state index in [0.717, 1.165) is 79.0 Å². The zero-order valence-corrected chi connectivity index (χ0v) is 47.7. The third kappa shape index (κ3) is 6.37. The molecule has 0 unspecified atom stereocenters. The summed E-state index contributed by atoms with van der Waals surface area (Å²) in [4.78, 5) is 10.2. The SMILES string of the molecule is Cc1cc2c3c(c1)N(c1ccccc1)c1cc4c(cc1B3c1sc3ccccc3c1O2)B1c2cc3c(cc2N(c2ccccc2)c2cc(C)cc(c21)N4c1ccccc1)N(c1ccccc1)c1cc(C)cc2c1B3c1sc3ccccc3c1O2. The van der Waals surface area contributed by atoms with E-state index in [0.29, 0.717) is 0 Å². The van der Waals surface area contributed by atoms with E-state index in [1.54, 1.807) is 0 Å². The molecule has 392 valence electrons. The molecule has 2 aromatic heterocycles. The predicted octanol–water partition coefficient (Wildman–Crippen LogP) is 13.9. The van der Waals surface area contributed by atoms with Crippen molar-refractivity contribution in [2.45, 2.75) is 20.8 Å². The van der Waals surface area contributed by atoms with Gasteiger partial charge in [-0.2, -0.15) is 0 Å². The summed E-state index contributed by atoms with van der Waals surface area (Å²) in [7, 11) is 0. The summed E-state index contributed by atoms with van der Waals surface area (Å²) in [6.07, 6.45) is 0. The number of hydrogen-bond acceptors (Lipinski definition) is 8. The fraction of sp³-hybridized carbons (Fsp3) is 0.0411. The van der Waals surface area contributed by atoms with E-state index in [2.05, 4.69) is 271 Å². The van der Waals surface area contributed by atoms with Crippen molar-refractivity contribution in [3.63, 3.8) is 0 Å². The highest BCUT2D eigenvalue weighted by atomic mass is 32.1. The van der Waals surface area contributed by atoms with E-state index in [1.807, 2.05) is 22.7 Å². The minimum atomic E-state index is -0.187. The topological polar surface area (TPSA) is 31.4 Å². The molecule has 0 amide bonds. The molecular weight excluding hydrogens is 1060 g/mol. The Morgan fingerprint density at radius 2 is 0.607 bits per heavy atom. The molecule has 0 spiro atoms. The Hall–Kier alpha value is -9.67. The summed E-state index contributed by atoms with van der Waals surface area (Å²) in [6.45, 7) is 6.30. The summed E-state index contributed by atoms with van der Waals surface area (Å²) in [5.74, 6) is 3.79. The van der Waals surface area contributed by atoms with E-state index >= 15 is 0 Å². The highest BCUT2D eigenvalue weighted by Crippen LogP contribution is 2.51. The van der Waals surface area contributed by atoms with Crippen LogP contribution in [0.25, 0.3) is 20.2 Å². The lowest BCUT2D eigenvalue weighted by Crippen LogP contribution is -2.66. The van der Waals surface area contributed by atoms with Crippen molar-refractivity contribution in [3.05, 3.63) is 247 Å². The molecule has 0 N–H and O–H groups in total. The van der Waals surface area contributed by atoms with Crippen LogP contribution in [0.3, 0.4) is 0 Å². The standard InChI is InChI=1S/C73H47B3N4O2S2/c1-42-32-59-67-60(33-42)78(46-22-10-5-11-23-46)56-41-58-54(76-69-62(80(58)48-26-14-7-15-27-48)35-44(3)37-64(69)82-71-50-29-17-19-31-66(50)84-73(71)76)39-52(56)74(67)51-38-53-57(40-55(51)77(59)45-20-8-4-9-21-45)79(47-24-12-6-13-25-47)61-34-43(2)36-63-68(61)75(53)72-70(81-63)49-28-16-18-30-65(49)83-72/h4-41H,1-3H3. The fourth-order valence-electron chi connectivity index (χ4n) is 15.1. The molecule has 0 saturated carbocycles. The van der Waals surface area contributed by atoms with Gasteiger partial charge >= 0.3 is 0 Å². The molecule has 11 aromatic carbocycles. The number of thiophene rings is 2. The molecule has 11 heteroatoms. The molecule has 0 fully saturated rings. The molecule has 0 bridgehead atoms. The predicted molar refractivity (Wildman–Crippen MR) is 357 cm³/mol. The zero-order chi connectivity index (χ0) is 55.2. The second-order valence-electron chi connectivity index (χ2n) is 23.3.